The number of piperidine rings is 1. The molecule has 2 aliphatic rings. The minimum atomic E-state index is -0.0554. The number of hydrogen-bond donors (Lipinski definition) is 3. The van der Waals surface area contributed by atoms with Gasteiger partial charge in [-0.05, 0) is 76.0 Å². The highest BCUT2D eigenvalue weighted by atomic mass is 32.1. The van der Waals surface area contributed by atoms with Crippen molar-refractivity contribution in [3.63, 3.8) is 0 Å². The van der Waals surface area contributed by atoms with Gasteiger partial charge in [-0.25, -0.2) is 4.98 Å². The first-order valence-corrected chi connectivity index (χ1v) is 11.4. The minimum absolute atomic E-state index is 0.0554. The number of carbonyl (C=O) groups is 1. The molecule has 1 amide bonds. The van der Waals surface area contributed by atoms with E-state index in [0.717, 1.165) is 59.8 Å². The molecule has 0 atom stereocenters. The Balaban J connectivity index is 1.50. The Morgan fingerprint density at radius 2 is 1.93 bits per heavy atom. The van der Waals surface area contributed by atoms with Crippen molar-refractivity contribution >= 4 is 34.6 Å². The van der Waals surface area contributed by atoms with Gasteiger partial charge in [-0.1, -0.05) is 6.07 Å². The number of rotatable bonds is 3. The molecule has 5 nitrogen and oxygen atoms in total. The number of fused-ring (bicyclic) bond motifs is 1. The van der Waals surface area contributed by atoms with Crippen LogP contribution in [0.25, 0.3) is 22.9 Å². The van der Waals surface area contributed by atoms with Gasteiger partial charge in [0.05, 0.1) is 16.3 Å². The number of thiazole rings is 1. The summed E-state index contributed by atoms with van der Waals surface area (Å²) >= 11 is 1.75. The second-order valence-electron chi connectivity index (χ2n) is 8.28. The number of aromatic amines is 1. The normalized spacial score (nSPS) is 18.1. The second kappa shape index (κ2) is 7.52. The average molecular weight is 419 g/mol. The number of aryl methyl sites for hydroxylation is 1. The van der Waals surface area contributed by atoms with Crippen LogP contribution in [0.3, 0.4) is 0 Å². The molecule has 3 N–H and O–H groups in total. The quantitative estimate of drug-likeness (QED) is 0.523. The first kappa shape index (κ1) is 19.3. The van der Waals surface area contributed by atoms with Crippen LogP contribution in [0, 0.1) is 20.8 Å². The van der Waals surface area contributed by atoms with E-state index >= 15 is 0 Å². The number of amides is 1. The van der Waals surface area contributed by atoms with Crippen molar-refractivity contribution in [1.82, 2.24) is 15.3 Å². The summed E-state index contributed by atoms with van der Waals surface area (Å²) in [7, 11) is 0. The molecule has 2 aromatic heterocycles. The summed E-state index contributed by atoms with van der Waals surface area (Å²) in [6.07, 6.45) is 4.27. The Bertz CT molecular complexity index is 1160. The van der Waals surface area contributed by atoms with Crippen molar-refractivity contribution in [1.29, 1.82) is 0 Å². The number of nitrogens with zero attached hydrogens (tertiary/aromatic N) is 1. The van der Waals surface area contributed by atoms with Crippen molar-refractivity contribution in [2.24, 2.45) is 0 Å². The van der Waals surface area contributed by atoms with Crippen LogP contribution < -0.4 is 10.6 Å². The molecule has 1 fully saturated rings. The largest absolute Gasteiger partial charge is 0.359 e. The van der Waals surface area contributed by atoms with Crippen molar-refractivity contribution in [2.75, 3.05) is 18.4 Å². The maximum atomic E-state index is 12.7. The van der Waals surface area contributed by atoms with Crippen molar-refractivity contribution in [3.05, 3.63) is 56.7 Å². The predicted octanol–water partition coefficient (Wildman–Crippen LogP) is 5.02. The Morgan fingerprint density at radius 3 is 2.67 bits per heavy atom. The van der Waals surface area contributed by atoms with Crippen LogP contribution in [-0.4, -0.2) is 29.0 Å². The van der Waals surface area contributed by atoms with Crippen molar-refractivity contribution < 1.29 is 4.79 Å². The van der Waals surface area contributed by atoms with Crippen LogP contribution in [0.1, 0.15) is 51.8 Å². The zero-order valence-corrected chi connectivity index (χ0v) is 18.4. The van der Waals surface area contributed by atoms with E-state index in [2.05, 4.69) is 53.9 Å². The first-order chi connectivity index (χ1) is 14.5. The first-order valence-electron chi connectivity index (χ1n) is 10.5. The third kappa shape index (κ3) is 3.30. The van der Waals surface area contributed by atoms with E-state index in [-0.39, 0.29) is 5.91 Å². The average Bonchev–Trinajstić information content (AvgIpc) is 3.43. The molecule has 5 rings (SSSR count). The molecule has 0 radical (unpaired) electrons. The molecule has 0 spiro atoms. The highest BCUT2D eigenvalue weighted by Crippen LogP contribution is 2.38. The fourth-order valence-electron chi connectivity index (χ4n) is 4.33. The summed E-state index contributed by atoms with van der Waals surface area (Å²) < 4.78 is 0. The Labute approximate surface area is 180 Å². The number of carbonyl (C=O) groups excluding carboxylic acids is 1. The number of H-pyrrole nitrogens is 1. The smallest absolute Gasteiger partial charge is 0.256 e. The minimum Gasteiger partial charge on any atom is -0.359 e. The lowest BCUT2D eigenvalue weighted by Gasteiger charge is -2.20. The molecule has 154 valence electrons. The van der Waals surface area contributed by atoms with Gasteiger partial charge in [0.15, 0.2) is 0 Å². The van der Waals surface area contributed by atoms with Gasteiger partial charge in [-0.15, -0.1) is 11.3 Å². The highest BCUT2D eigenvalue weighted by Gasteiger charge is 2.26. The van der Waals surface area contributed by atoms with E-state index < -0.39 is 0 Å². The molecule has 0 unspecified atom stereocenters. The van der Waals surface area contributed by atoms with E-state index in [9.17, 15) is 4.79 Å². The van der Waals surface area contributed by atoms with Gasteiger partial charge in [0, 0.05) is 39.5 Å². The standard InChI is InChI=1S/C24H26N4OS/c1-13-14(2)21(26-15(13)3)11-19-18-10-17(4-5-20(18)27-23(19)29)22-12-30-24(28-22)16-6-8-25-9-7-16/h4-5,10-12,16,25-26H,6-9H2,1-3H3,(H,27,29)/b19-11-. The zero-order valence-electron chi connectivity index (χ0n) is 17.6. The summed E-state index contributed by atoms with van der Waals surface area (Å²) in [5, 5.41) is 9.79. The van der Waals surface area contributed by atoms with E-state index in [4.69, 9.17) is 4.98 Å². The van der Waals surface area contributed by atoms with Gasteiger partial charge in [-0.3, -0.25) is 4.79 Å². The van der Waals surface area contributed by atoms with Crippen LogP contribution in [0.2, 0.25) is 0 Å². The van der Waals surface area contributed by atoms with Gasteiger partial charge >= 0.3 is 0 Å². The lowest BCUT2D eigenvalue weighted by Crippen LogP contribution is -2.26. The summed E-state index contributed by atoms with van der Waals surface area (Å²) in [6, 6.07) is 6.14. The van der Waals surface area contributed by atoms with Crippen LogP contribution in [0.15, 0.2) is 23.6 Å². The number of hydrogen-bond acceptors (Lipinski definition) is 4. The van der Waals surface area contributed by atoms with Gasteiger partial charge in [0.25, 0.3) is 5.91 Å². The lowest BCUT2D eigenvalue weighted by atomic mass is 9.99. The Kier molecular flexibility index (Phi) is 4.83. The molecule has 4 heterocycles. The van der Waals surface area contributed by atoms with Gasteiger partial charge < -0.3 is 15.6 Å². The topological polar surface area (TPSA) is 69.8 Å². The van der Waals surface area contributed by atoms with Crippen LogP contribution >= 0.6 is 11.3 Å². The molecule has 6 heteroatoms. The van der Waals surface area contributed by atoms with E-state index in [1.54, 1.807) is 11.3 Å². The number of anilines is 1. The summed E-state index contributed by atoms with van der Waals surface area (Å²) in [5.41, 5.74) is 9.12. The zero-order chi connectivity index (χ0) is 20.8. The number of nitrogens with one attached hydrogen (secondary N) is 3. The fourth-order valence-corrected chi connectivity index (χ4v) is 5.33. The van der Waals surface area contributed by atoms with Crippen molar-refractivity contribution in [3.8, 4) is 11.3 Å². The molecule has 2 aliphatic heterocycles. The predicted molar refractivity (Wildman–Crippen MR) is 124 cm³/mol. The fraction of sp³-hybridized carbons (Fsp3) is 0.333. The van der Waals surface area contributed by atoms with Crippen LogP contribution in [0.4, 0.5) is 5.69 Å². The lowest BCUT2D eigenvalue weighted by molar-refractivity contribution is -0.110. The van der Waals surface area contributed by atoms with E-state index in [1.165, 1.54) is 16.1 Å². The highest BCUT2D eigenvalue weighted by molar-refractivity contribution is 7.10. The summed E-state index contributed by atoms with van der Waals surface area (Å²) in [6.45, 7) is 8.39. The Hall–Kier alpha value is -2.70. The van der Waals surface area contributed by atoms with Crippen LogP contribution in [-0.2, 0) is 4.79 Å². The maximum Gasteiger partial charge on any atom is 0.256 e. The number of aromatic nitrogens is 2. The van der Waals surface area contributed by atoms with E-state index in [0.29, 0.717) is 11.5 Å². The summed E-state index contributed by atoms with van der Waals surface area (Å²) in [5.74, 6) is 0.501. The van der Waals surface area contributed by atoms with Crippen LogP contribution in [0.5, 0.6) is 0 Å². The van der Waals surface area contributed by atoms with E-state index in [1.807, 2.05) is 12.1 Å². The molecule has 3 aromatic rings. The second-order valence-corrected chi connectivity index (χ2v) is 9.17. The molecular formula is C24H26N4OS. The monoisotopic (exact) mass is 418 g/mol. The third-order valence-electron chi connectivity index (χ3n) is 6.45. The van der Waals surface area contributed by atoms with Crippen molar-refractivity contribution in [2.45, 2.75) is 39.5 Å². The third-order valence-corrected chi connectivity index (χ3v) is 7.46. The van der Waals surface area contributed by atoms with Gasteiger partial charge in [-0.2, -0.15) is 0 Å². The van der Waals surface area contributed by atoms with Gasteiger partial charge in [0.1, 0.15) is 0 Å². The molecule has 1 aromatic carbocycles. The molecule has 0 saturated carbocycles. The molecule has 0 bridgehead atoms. The molecule has 30 heavy (non-hydrogen) atoms. The number of benzene rings is 1. The molecular weight excluding hydrogens is 392 g/mol. The van der Waals surface area contributed by atoms with Gasteiger partial charge in [0.2, 0.25) is 0 Å². The summed E-state index contributed by atoms with van der Waals surface area (Å²) in [4.78, 5) is 21.0. The SMILES string of the molecule is Cc1[nH]c(/C=C2\C(=O)Nc3ccc(-c4csc(C5CCNCC5)n4)cc32)c(C)c1C. The molecule has 0 aliphatic carbocycles. The Morgan fingerprint density at radius 1 is 1.13 bits per heavy atom. The molecule has 1 saturated heterocycles. The maximum absolute atomic E-state index is 12.7.